The number of amides is 1. The number of nitrogens with zero attached hydrogens (tertiary/aromatic N) is 1. The molecule has 0 radical (unpaired) electrons. The molecule has 1 fully saturated rings. The molecule has 0 aromatic carbocycles. The highest BCUT2D eigenvalue weighted by Crippen LogP contribution is 2.11. The lowest BCUT2D eigenvalue weighted by atomic mass is 10.1. The molecule has 0 saturated carbocycles. The number of carbonyl (C=O) groups excluding carboxylic acids is 1. The van der Waals surface area contributed by atoms with Crippen LogP contribution in [0.5, 0.6) is 0 Å². The smallest absolute Gasteiger partial charge is 0.223 e. The molecule has 0 N–H and O–H groups in total. The summed E-state index contributed by atoms with van der Waals surface area (Å²) < 4.78 is 5.27. The fourth-order valence-electron chi connectivity index (χ4n) is 1.56. The summed E-state index contributed by atoms with van der Waals surface area (Å²) in [5, 5.41) is 0. The third-order valence-corrected chi connectivity index (χ3v) is 2.27. The van der Waals surface area contributed by atoms with Crippen molar-refractivity contribution in [2.75, 3.05) is 19.8 Å². The van der Waals surface area contributed by atoms with E-state index in [-0.39, 0.29) is 11.9 Å². The van der Waals surface area contributed by atoms with Gasteiger partial charge in [-0.3, -0.25) is 4.79 Å². The Morgan fingerprint density at radius 2 is 2.31 bits per heavy atom. The first-order valence-electron chi connectivity index (χ1n) is 4.98. The van der Waals surface area contributed by atoms with Crippen molar-refractivity contribution in [1.29, 1.82) is 0 Å². The van der Waals surface area contributed by atoms with Gasteiger partial charge in [0.25, 0.3) is 0 Å². The van der Waals surface area contributed by atoms with Crippen molar-refractivity contribution < 1.29 is 9.53 Å². The highest BCUT2D eigenvalue weighted by atomic mass is 16.5. The predicted molar refractivity (Wildman–Crippen MR) is 51.4 cm³/mol. The second-order valence-electron chi connectivity index (χ2n) is 4.11. The minimum Gasteiger partial charge on any atom is -0.377 e. The first-order chi connectivity index (χ1) is 6.11. The predicted octanol–water partition coefficient (Wildman–Crippen LogP) is 1.28. The Labute approximate surface area is 80.1 Å². The van der Waals surface area contributed by atoms with E-state index in [0.717, 1.165) is 6.54 Å². The van der Waals surface area contributed by atoms with Gasteiger partial charge in [0.2, 0.25) is 5.91 Å². The largest absolute Gasteiger partial charge is 0.377 e. The average molecular weight is 185 g/mol. The summed E-state index contributed by atoms with van der Waals surface area (Å²) in [6.07, 6.45) is 0.657. The van der Waals surface area contributed by atoms with Crippen LogP contribution in [0.2, 0.25) is 0 Å². The van der Waals surface area contributed by atoms with Gasteiger partial charge in [0, 0.05) is 13.0 Å². The van der Waals surface area contributed by atoms with Crippen molar-refractivity contribution in [2.45, 2.75) is 33.2 Å². The lowest BCUT2D eigenvalue weighted by molar-refractivity contribution is -0.139. The van der Waals surface area contributed by atoms with Crippen LogP contribution in [0.25, 0.3) is 0 Å². The van der Waals surface area contributed by atoms with Crippen molar-refractivity contribution in [3.05, 3.63) is 0 Å². The Balaban J connectivity index is 2.44. The van der Waals surface area contributed by atoms with Crippen molar-refractivity contribution in [1.82, 2.24) is 4.90 Å². The van der Waals surface area contributed by atoms with Gasteiger partial charge >= 0.3 is 0 Å². The van der Waals surface area contributed by atoms with Gasteiger partial charge in [0.05, 0.1) is 19.3 Å². The third kappa shape index (κ3) is 2.99. The quantitative estimate of drug-likeness (QED) is 0.648. The number of rotatable bonds is 2. The van der Waals surface area contributed by atoms with Crippen LogP contribution in [0.4, 0.5) is 0 Å². The van der Waals surface area contributed by atoms with Gasteiger partial charge in [-0.2, -0.15) is 0 Å². The molecule has 1 rings (SSSR count). The Kier molecular flexibility index (Phi) is 3.72. The standard InChI is InChI=1S/C10H19NO2/c1-8(2)6-10(12)11-4-5-13-7-9(11)3/h8-9H,4-7H2,1-3H3/t9-/m1/s1. The van der Waals surface area contributed by atoms with E-state index in [1.807, 2.05) is 11.8 Å². The first-order valence-corrected chi connectivity index (χ1v) is 4.98. The molecule has 0 spiro atoms. The Morgan fingerprint density at radius 3 is 2.85 bits per heavy atom. The monoisotopic (exact) mass is 185 g/mol. The lowest BCUT2D eigenvalue weighted by Gasteiger charge is -2.33. The van der Waals surface area contributed by atoms with Gasteiger partial charge in [-0.25, -0.2) is 0 Å². The number of morpholine rings is 1. The van der Waals surface area contributed by atoms with E-state index in [1.165, 1.54) is 0 Å². The maximum Gasteiger partial charge on any atom is 0.223 e. The maximum absolute atomic E-state index is 11.7. The zero-order valence-corrected chi connectivity index (χ0v) is 8.75. The van der Waals surface area contributed by atoms with Crippen LogP contribution < -0.4 is 0 Å². The van der Waals surface area contributed by atoms with Gasteiger partial charge < -0.3 is 9.64 Å². The van der Waals surface area contributed by atoms with Crippen LogP contribution in [0.15, 0.2) is 0 Å². The summed E-state index contributed by atoms with van der Waals surface area (Å²) in [6, 6.07) is 0.250. The summed E-state index contributed by atoms with van der Waals surface area (Å²) in [5.74, 6) is 0.716. The SMILES string of the molecule is CC(C)CC(=O)N1CCOC[C@H]1C. The molecule has 1 saturated heterocycles. The second-order valence-corrected chi connectivity index (χ2v) is 4.11. The van der Waals surface area contributed by atoms with Crippen LogP contribution in [0.3, 0.4) is 0 Å². The van der Waals surface area contributed by atoms with Gasteiger partial charge in [0.1, 0.15) is 0 Å². The Bertz CT molecular complexity index is 180. The van der Waals surface area contributed by atoms with E-state index >= 15 is 0 Å². The molecule has 13 heavy (non-hydrogen) atoms. The summed E-state index contributed by atoms with van der Waals surface area (Å²) in [5.41, 5.74) is 0. The minimum absolute atomic E-state index is 0.250. The zero-order valence-electron chi connectivity index (χ0n) is 8.75. The molecule has 0 aliphatic carbocycles. The molecule has 0 aromatic rings. The van der Waals surface area contributed by atoms with Crippen LogP contribution in [-0.2, 0) is 9.53 Å². The normalized spacial score (nSPS) is 23.7. The molecule has 0 unspecified atom stereocenters. The van der Waals surface area contributed by atoms with Crippen LogP contribution >= 0.6 is 0 Å². The number of ether oxygens (including phenoxy) is 1. The summed E-state index contributed by atoms with van der Waals surface area (Å²) >= 11 is 0. The Hall–Kier alpha value is -0.570. The van der Waals surface area contributed by atoms with Crippen molar-refractivity contribution >= 4 is 5.91 Å². The average Bonchev–Trinajstić information content (AvgIpc) is 2.03. The molecule has 3 nitrogen and oxygen atoms in total. The fraction of sp³-hybridized carbons (Fsp3) is 0.900. The van der Waals surface area contributed by atoms with E-state index in [2.05, 4.69) is 13.8 Å². The van der Waals surface area contributed by atoms with E-state index in [0.29, 0.717) is 25.6 Å². The molecule has 1 aliphatic rings. The first kappa shape index (κ1) is 10.5. The molecule has 1 aliphatic heterocycles. The lowest BCUT2D eigenvalue weighted by Crippen LogP contribution is -2.47. The van der Waals surface area contributed by atoms with Crippen LogP contribution in [-0.4, -0.2) is 36.6 Å². The number of hydrogen-bond acceptors (Lipinski definition) is 2. The third-order valence-electron chi connectivity index (χ3n) is 2.27. The number of hydrogen-bond donors (Lipinski definition) is 0. The van der Waals surface area contributed by atoms with Crippen molar-refractivity contribution in [3.8, 4) is 0 Å². The van der Waals surface area contributed by atoms with E-state index in [9.17, 15) is 4.79 Å². The van der Waals surface area contributed by atoms with Crippen LogP contribution in [0.1, 0.15) is 27.2 Å². The summed E-state index contributed by atoms with van der Waals surface area (Å²) in [7, 11) is 0. The summed E-state index contributed by atoms with van der Waals surface area (Å²) in [4.78, 5) is 13.6. The van der Waals surface area contributed by atoms with Gasteiger partial charge in [-0.1, -0.05) is 13.8 Å². The maximum atomic E-state index is 11.7. The van der Waals surface area contributed by atoms with Crippen LogP contribution in [0, 0.1) is 5.92 Å². The highest BCUT2D eigenvalue weighted by molar-refractivity contribution is 5.76. The second kappa shape index (κ2) is 4.61. The van der Waals surface area contributed by atoms with Crippen molar-refractivity contribution in [3.63, 3.8) is 0 Å². The topological polar surface area (TPSA) is 29.5 Å². The Morgan fingerprint density at radius 1 is 1.62 bits per heavy atom. The molecule has 1 amide bonds. The fourth-order valence-corrected chi connectivity index (χ4v) is 1.56. The van der Waals surface area contributed by atoms with Gasteiger partial charge in [-0.05, 0) is 12.8 Å². The van der Waals surface area contributed by atoms with Crippen molar-refractivity contribution in [2.24, 2.45) is 5.92 Å². The number of carbonyl (C=O) groups is 1. The highest BCUT2D eigenvalue weighted by Gasteiger charge is 2.23. The van der Waals surface area contributed by atoms with Gasteiger partial charge in [0.15, 0.2) is 0 Å². The molecule has 0 aromatic heterocycles. The van der Waals surface area contributed by atoms with Gasteiger partial charge in [-0.15, -0.1) is 0 Å². The zero-order chi connectivity index (χ0) is 9.84. The molecule has 0 bridgehead atoms. The molecule has 1 atom stereocenters. The van der Waals surface area contributed by atoms with E-state index in [1.54, 1.807) is 0 Å². The molecular formula is C10H19NO2. The molecule has 76 valence electrons. The molecular weight excluding hydrogens is 166 g/mol. The molecule has 3 heteroatoms. The van der Waals surface area contributed by atoms with E-state index in [4.69, 9.17) is 4.74 Å². The van der Waals surface area contributed by atoms with E-state index < -0.39 is 0 Å². The minimum atomic E-state index is 0.250. The molecule has 1 heterocycles. The summed E-state index contributed by atoms with van der Waals surface area (Å²) in [6.45, 7) is 8.31.